The van der Waals surface area contributed by atoms with Crippen molar-refractivity contribution in [2.75, 3.05) is 16.4 Å². The van der Waals surface area contributed by atoms with Gasteiger partial charge in [-0.15, -0.1) is 0 Å². The molecule has 29 heavy (non-hydrogen) atoms. The fourth-order valence-corrected chi connectivity index (χ4v) is 7.90. The smallest absolute Gasteiger partial charge is 0.248 e. The summed E-state index contributed by atoms with van der Waals surface area (Å²) >= 11 is 7.75. The van der Waals surface area contributed by atoms with Crippen LogP contribution in [0.2, 0.25) is 5.02 Å². The number of nitrogens with zero attached hydrogens (tertiary/aromatic N) is 2. The van der Waals surface area contributed by atoms with Crippen molar-refractivity contribution in [2.45, 2.75) is 30.6 Å². The predicted molar refractivity (Wildman–Crippen MR) is 120 cm³/mol. The molecule has 152 valence electrons. The van der Waals surface area contributed by atoms with Gasteiger partial charge in [-0.25, -0.2) is 8.42 Å². The summed E-state index contributed by atoms with van der Waals surface area (Å²) < 4.78 is 24.3. The van der Waals surface area contributed by atoms with E-state index in [0.29, 0.717) is 22.3 Å². The molecule has 8 heteroatoms. The van der Waals surface area contributed by atoms with Gasteiger partial charge in [-0.2, -0.15) is 4.99 Å². The van der Waals surface area contributed by atoms with E-state index in [1.807, 2.05) is 53.4 Å². The van der Waals surface area contributed by atoms with Crippen molar-refractivity contribution >= 4 is 50.0 Å². The molecule has 2 atom stereocenters. The number of carbonyl (C=O) groups is 1. The number of anilines is 1. The molecule has 0 saturated carbocycles. The van der Waals surface area contributed by atoms with Crippen LogP contribution in [-0.2, 0) is 21.1 Å². The number of rotatable bonds is 5. The van der Waals surface area contributed by atoms with E-state index in [9.17, 15) is 13.2 Å². The number of amides is 1. The van der Waals surface area contributed by atoms with Crippen LogP contribution < -0.4 is 4.90 Å². The van der Waals surface area contributed by atoms with E-state index in [1.165, 1.54) is 17.3 Å². The molecule has 1 amide bonds. The average molecular weight is 449 g/mol. The predicted octanol–water partition coefficient (Wildman–Crippen LogP) is 3.96. The normalized spacial score (nSPS) is 24.0. The van der Waals surface area contributed by atoms with Crippen molar-refractivity contribution in [1.29, 1.82) is 0 Å². The molecule has 0 unspecified atom stereocenters. The quantitative estimate of drug-likeness (QED) is 0.692. The topological polar surface area (TPSA) is 66.8 Å². The fraction of sp³-hybridized carbons (Fsp3) is 0.333. The zero-order chi connectivity index (χ0) is 20.4. The summed E-state index contributed by atoms with van der Waals surface area (Å²) in [6.45, 7) is 0. The van der Waals surface area contributed by atoms with Crippen LogP contribution in [0, 0.1) is 0 Å². The van der Waals surface area contributed by atoms with Crippen molar-refractivity contribution < 1.29 is 13.2 Å². The molecule has 0 N–H and O–H groups in total. The molecule has 2 aromatic rings. The van der Waals surface area contributed by atoms with Gasteiger partial charge in [0.1, 0.15) is 0 Å². The zero-order valence-electron chi connectivity index (χ0n) is 15.7. The summed E-state index contributed by atoms with van der Waals surface area (Å²) in [5, 5.41) is 0.933. The van der Waals surface area contributed by atoms with Gasteiger partial charge in [-0.05, 0) is 30.5 Å². The Kier molecular flexibility index (Phi) is 5.99. The van der Waals surface area contributed by atoms with Crippen LogP contribution in [0.4, 0.5) is 5.69 Å². The van der Waals surface area contributed by atoms with E-state index in [0.717, 1.165) is 12.8 Å². The average Bonchev–Trinajstić information content (AvgIpc) is 3.14. The van der Waals surface area contributed by atoms with Crippen molar-refractivity contribution in [2.24, 2.45) is 4.99 Å². The number of hydrogen-bond acceptors (Lipinski definition) is 4. The van der Waals surface area contributed by atoms with Gasteiger partial charge in [0.25, 0.3) is 0 Å². The highest BCUT2D eigenvalue weighted by Gasteiger charge is 2.49. The van der Waals surface area contributed by atoms with Gasteiger partial charge in [0.2, 0.25) is 5.91 Å². The fourth-order valence-electron chi connectivity index (χ4n) is 3.74. The first-order valence-electron chi connectivity index (χ1n) is 9.49. The van der Waals surface area contributed by atoms with E-state index in [2.05, 4.69) is 4.99 Å². The van der Waals surface area contributed by atoms with E-state index < -0.39 is 9.84 Å². The van der Waals surface area contributed by atoms with Crippen molar-refractivity contribution in [1.82, 2.24) is 0 Å². The van der Waals surface area contributed by atoms with Crippen LogP contribution in [-0.4, -0.2) is 42.3 Å². The van der Waals surface area contributed by atoms with Gasteiger partial charge in [-0.3, -0.25) is 4.79 Å². The molecular weight excluding hydrogens is 428 g/mol. The number of aliphatic imine (C=N–C) groups is 1. The third kappa shape index (κ3) is 4.68. The minimum absolute atomic E-state index is 0.0527. The number of hydrogen-bond donors (Lipinski definition) is 0. The molecule has 2 aromatic carbocycles. The van der Waals surface area contributed by atoms with Crippen molar-refractivity contribution in [3.8, 4) is 0 Å². The van der Waals surface area contributed by atoms with Crippen LogP contribution in [0.3, 0.4) is 0 Å². The number of amidine groups is 1. The van der Waals surface area contributed by atoms with E-state index in [-0.39, 0.29) is 28.7 Å². The molecule has 2 aliphatic rings. The molecule has 0 spiro atoms. The van der Waals surface area contributed by atoms with E-state index in [1.54, 1.807) is 6.07 Å². The summed E-state index contributed by atoms with van der Waals surface area (Å²) in [7, 11) is -3.10. The molecule has 4 rings (SSSR count). The summed E-state index contributed by atoms with van der Waals surface area (Å²) in [5.74, 6) is -0.0370. The molecule has 0 bridgehead atoms. The summed E-state index contributed by atoms with van der Waals surface area (Å²) in [6.07, 6.45) is 1.89. The highest BCUT2D eigenvalue weighted by atomic mass is 35.5. The Labute approximate surface area is 180 Å². The number of sulfone groups is 1. The molecular formula is C21H21ClN2O3S2. The second kappa shape index (κ2) is 8.50. The molecule has 0 aromatic heterocycles. The van der Waals surface area contributed by atoms with Gasteiger partial charge in [0.05, 0.1) is 28.3 Å². The molecule has 2 saturated heterocycles. The first kappa shape index (κ1) is 20.4. The van der Waals surface area contributed by atoms with E-state index in [4.69, 9.17) is 11.6 Å². The number of halogens is 1. The van der Waals surface area contributed by atoms with Crippen LogP contribution in [0.5, 0.6) is 0 Å². The lowest BCUT2D eigenvalue weighted by atomic mass is 10.1. The number of benzene rings is 2. The number of carbonyl (C=O) groups excluding carboxylic acids is 1. The first-order chi connectivity index (χ1) is 13.9. The molecule has 5 nitrogen and oxygen atoms in total. The molecule has 0 radical (unpaired) electrons. The lowest BCUT2D eigenvalue weighted by Gasteiger charge is -2.25. The maximum atomic E-state index is 12.5. The van der Waals surface area contributed by atoms with Gasteiger partial charge in [0, 0.05) is 11.7 Å². The Hall–Kier alpha value is -1.83. The second-order valence-corrected chi connectivity index (χ2v) is 11.0. The summed E-state index contributed by atoms with van der Waals surface area (Å²) in [4.78, 5) is 18.7. The maximum Gasteiger partial charge on any atom is 0.248 e. The number of aryl methyl sites for hydroxylation is 1. The highest BCUT2D eigenvalue weighted by molar-refractivity contribution is 8.16. The molecule has 2 fully saturated rings. The lowest BCUT2D eigenvalue weighted by Crippen LogP contribution is -2.37. The largest absolute Gasteiger partial charge is 0.314 e. The monoisotopic (exact) mass is 448 g/mol. The van der Waals surface area contributed by atoms with Gasteiger partial charge in [0.15, 0.2) is 15.0 Å². The summed E-state index contributed by atoms with van der Waals surface area (Å²) in [6, 6.07) is 17.1. The Bertz CT molecular complexity index is 1040. The maximum absolute atomic E-state index is 12.5. The van der Waals surface area contributed by atoms with Crippen LogP contribution >= 0.6 is 23.4 Å². The highest BCUT2D eigenvalue weighted by Crippen LogP contribution is 2.43. The van der Waals surface area contributed by atoms with Gasteiger partial charge < -0.3 is 4.90 Å². The Morgan fingerprint density at radius 2 is 1.83 bits per heavy atom. The molecule has 0 aliphatic carbocycles. The zero-order valence-corrected chi connectivity index (χ0v) is 18.1. The third-order valence-electron chi connectivity index (χ3n) is 5.10. The van der Waals surface area contributed by atoms with Crippen molar-refractivity contribution in [3.63, 3.8) is 0 Å². The van der Waals surface area contributed by atoms with Crippen LogP contribution in [0.25, 0.3) is 0 Å². The number of fused-ring (bicyclic) bond motifs is 1. The van der Waals surface area contributed by atoms with Gasteiger partial charge >= 0.3 is 0 Å². The van der Waals surface area contributed by atoms with Crippen LogP contribution in [0.1, 0.15) is 18.4 Å². The first-order valence-corrected chi connectivity index (χ1v) is 12.6. The minimum atomic E-state index is -3.10. The second-order valence-electron chi connectivity index (χ2n) is 7.25. The SMILES string of the molecule is O=C(CCCc1ccccc1)N=C1S[C@@H]2CS(=O)(=O)C[C@H]2N1c1ccccc1Cl. The Morgan fingerprint density at radius 3 is 2.59 bits per heavy atom. The van der Waals surface area contributed by atoms with Gasteiger partial charge in [-0.1, -0.05) is 65.8 Å². The number of para-hydroxylation sites is 1. The third-order valence-corrected chi connectivity index (χ3v) is 8.63. The standard InChI is InChI=1S/C21H21ClN2O3S2/c22-16-10-4-5-11-17(16)24-18-13-29(26,27)14-19(18)28-21(24)23-20(25)12-6-9-15-7-2-1-3-8-15/h1-5,7-8,10-11,18-19H,6,9,12-14H2/t18-,19-/m1/s1. The molecule has 2 aliphatic heterocycles. The lowest BCUT2D eigenvalue weighted by molar-refractivity contribution is -0.117. The summed E-state index contributed by atoms with van der Waals surface area (Å²) in [5.41, 5.74) is 1.89. The Balaban J connectivity index is 1.52. The number of thioether (sulfide) groups is 1. The van der Waals surface area contributed by atoms with E-state index >= 15 is 0 Å². The minimum Gasteiger partial charge on any atom is -0.314 e. The van der Waals surface area contributed by atoms with Crippen LogP contribution in [0.15, 0.2) is 59.6 Å². The Morgan fingerprint density at radius 1 is 1.10 bits per heavy atom. The van der Waals surface area contributed by atoms with Crippen molar-refractivity contribution in [3.05, 3.63) is 65.2 Å². The molecule has 2 heterocycles.